The highest BCUT2D eigenvalue weighted by molar-refractivity contribution is 14.0. The van der Waals surface area contributed by atoms with Gasteiger partial charge in [0, 0.05) is 51.5 Å². The van der Waals surface area contributed by atoms with Crippen molar-refractivity contribution < 1.29 is 4.74 Å². The van der Waals surface area contributed by atoms with Crippen LogP contribution in [-0.2, 0) is 30.8 Å². The van der Waals surface area contributed by atoms with Crippen LogP contribution in [0, 0.1) is 13.8 Å². The Morgan fingerprint density at radius 3 is 2.70 bits per heavy atom. The summed E-state index contributed by atoms with van der Waals surface area (Å²) in [6, 6.07) is 0. The molecule has 27 heavy (non-hydrogen) atoms. The summed E-state index contributed by atoms with van der Waals surface area (Å²) in [6.45, 7) is 9.82. The highest BCUT2D eigenvalue weighted by Gasteiger charge is 2.12. The first kappa shape index (κ1) is 23.3. The van der Waals surface area contributed by atoms with Crippen LogP contribution >= 0.6 is 24.0 Å². The summed E-state index contributed by atoms with van der Waals surface area (Å²) >= 11 is 0. The van der Waals surface area contributed by atoms with Crippen molar-refractivity contribution in [1.29, 1.82) is 0 Å². The van der Waals surface area contributed by atoms with Crippen LogP contribution in [0.5, 0.6) is 0 Å². The molecular weight excluding hydrogens is 459 g/mol. The molecule has 10 heteroatoms. The van der Waals surface area contributed by atoms with Gasteiger partial charge in [0.2, 0.25) is 0 Å². The van der Waals surface area contributed by atoms with Gasteiger partial charge in [-0.25, -0.2) is 0 Å². The number of nitrogens with zero attached hydrogens (tertiary/aromatic N) is 6. The second kappa shape index (κ2) is 11.9. The third kappa shape index (κ3) is 6.45. The average molecular weight is 490 g/mol. The molecule has 0 unspecified atom stereocenters. The van der Waals surface area contributed by atoms with Crippen LogP contribution in [-0.4, -0.2) is 57.8 Å². The molecule has 152 valence electrons. The predicted octanol–water partition coefficient (Wildman–Crippen LogP) is 1.28. The zero-order valence-electron chi connectivity index (χ0n) is 16.8. The number of halogens is 1. The van der Waals surface area contributed by atoms with Crippen molar-refractivity contribution >= 4 is 29.9 Å². The monoisotopic (exact) mass is 490 g/mol. The van der Waals surface area contributed by atoms with E-state index in [1.165, 1.54) is 5.56 Å². The molecule has 0 aliphatic heterocycles. The Labute approximate surface area is 178 Å². The van der Waals surface area contributed by atoms with Crippen LogP contribution < -0.4 is 10.6 Å². The molecule has 0 aliphatic rings. The highest BCUT2D eigenvalue weighted by Crippen LogP contribution is 2.12. The molecule has 0 amide bonds. The van der Waals surface area contributed by atoms with Gasteiger partial charge < -0.3 is 19.9 Å². The Balaban J connectivity index is 0.00000364. The van der Waals surface area contributed by atoms with Crippen LogP contribution in [0.25, 0.3) is 0 Å². The van der Waals surface area contributed by atoms with E-state index in [2.05, 4.69) is 49.3 Å². The van der Waals surface area contributed by atoms with Crippen LogP contribution in [0.15, 0.2) is 11.3 Å². The Morgan fingerprint density at radius 2 is 2.04 bits per heavy atom. The van der Waals surface area contributed by atoms with E-state index in [1.807, 2.05) is 11.6 Å². The van der Waals surface area contributed by atoms with Crippen LogP contribution in [0.1, 0.15) is 29.7 Å². The quantitative estimate of drug-likeness (QED) is 0.313. The molecule has 2 N–H and O–H groups in total. The summed E-state index contributed by atoms with van der Waals surface area (Å²) in [4.78, 5) is 4.29. The lowest BCUT2D eigenvalue weighted by Crippen LogP contribution is -2.38. The largest absolute Gasteiger partial charge is 0.383 e. The normalized spacial score (nSPS) is 11.4. The average Bonchev–Trinajstić information content (AvgIpc) is 3.20. The standard InChI is InChI=1S/C17H30N8O.HI/c1-6-16-22-21-12-24(16)8-7-19-17(18-4)20-11-15-13(2)23-25(14(15)3)9-10-26-5;/h12H,6-11H2,1-5H3,(H2,18,19,20);1H. The number of hydrogen-bond acceptors (Lipinski definition) is 5. The summed E-state index contributed by atoms with van der Waals surface area (Å²) < 4.78 is 9.18. The van der Waals surface area contributed by atoms with Crippen molar-refractivity contribution in [2.24, 2.45) is 4.99 Å². The summed E-state index contributed by atoms with van der Waals surface area (Å²) in [5.74, 6) is 1.75. The maximum absolute atomic E-state index is 5.14. The molecule has 0 bridgehead atoms. The van der Waals surface area contributed by atoms with Gasteiger partial charge in [-0.3, -0.25) is 9.67 Å². The van der Waals surface area contributed by atoms with Gasteiger partial charge in [-0.1, -0.05) is 6.92 Å². The topological polar surface area (TPSA) is 94.2 Å². The summed E-state index contributed by atoms with van der Waals surface area (Å²) in [7, 11) is 3.47. The lowest BCUT2D eigenvalue weighted by atomic mass is 10.2. The fourth-order valence-electron chi connectivity index (χ4n) is 2.81. The Bertz CT molecular complexity index is 725. The van der Waals surface area contributed by atoms with Crippen molar-refractivity contribution in [3.63, 3.8) is 0 Å². The van der Waals surface area contributed by atoms with Gasteiger partial charge in [0.15, 0.2) is 5.96 Å². The second-order valence-corrected chi connectivity index (χ2v) is 6.01. The SMILES string of the molecule is CCc1nncn1CCNC(=NC)NCc1c(C)nn(CCOC)c1C.I. The molecule has 2 heterocycles. The minimum atomic E-state index is 0. The Kier molecular flexibility index (Phi) is 10.3. The van der Waals surface area contributed by atoms with Gasteiger partial charge in [0.25, 0.3) is 0 Å². The molecule has 0 saturated carbocycles. The minimum absolute atomic E-state index is 0. The third-order valence-corrected chi connectivity index (χ3v) is 4.35. The van der Waals surface area contributed by atoms with Crippen LogP contribution in [0.4, 0.5) is 0 Å². The fourth-order valence-corrected chi connectivity index (χ4v) is 2.81. The summed E-state index contributed by atoms with van der Waals surface area (Å²) in [6.07, 6.45) is 2.64. The van der Waals surface area contributed by atoms with Crippen molar-refractivity contribution in [1.82, 2.24) is 35.2 Å². The Morgan fingerprint density at radius 1 is 1.26 bits per heavy atom. The van der Waals surface area contributed by atoms with E-state index in [4.69, 9.17) is 4.74 Å². The number of methoxy groups -OCH3 is 1. The zero-order valence-corrected chi connectivity index (χ0v) is 19.2. The van der Waals surface area contributed by atoms with Crippen molar-refractivity contribution in [3.05, 3.63) is 29.1 Å². The van der Waals surface area contributed by atoms with Crippen LogP contribution in [0.3, 0.4) is 0 Å². The number of hydrogen-bond donors (Lipinski definition) is 2. The first-order chi connectivity index (χ1) is 12.6. The van der Waals surface area contributed by atoms with Crippen molar-refractivity contribution in [2.75, 3.05) is 27.3 Å². The maximum atomic E-state index is 5.14. The fraction of sp³-hybridized carbons (Fsp3) is 0.647. The number of aliphatic imine (C=N–C) groups is 1. The molecule has 0 aromatic carbocycles. The molecule has 0 atom stereocenters. The maximum Gasteiger partial charge on any atom is 0.191 e. The molecule has 0 radical (unpaired) electrons. The van der Waals surface area contributed by atoms with Crippen molar-refractivity contribution in [2.45, 2.75) is 46.8 Å². The smallest absolute Gasteiger partial charge is 0.191 e. The van der Waals surface area contributed by atoms with Crippen LogP contribution in [0.2, 0.25) is 0 Å². The van der Waals surface area contributed by atoms with E-state index in [0.717, 1.165) is 49.2 Å². The summed E-state index contributed by atoms with van der Waals surface area (Å²) in [5.41, 5.74) is 3.37. The number of aromatic nitrogens is 5. The predicted molar refractivity (Wildman–Crippen MR) is 117 cm³/mol. The number of nitrogens with one attached hydrogen (secondary N) is 2. The van der Waals surface area contributed by atoms with Crippen molar-refractivity contribution in [3.8, 4) is 0 Å². The first-order valence-electron chi connectivity index (χ1n) is 8.93. The molecule has 0 saturated heterocycles. The number of aryl methyl sites for hydroxylation is 2. The van der Waals surface area contributed by atoms with Gasteiger partial charge in [-0.05, 0) is 13.8 Å². The number of rotatable bonds is 9. The molecule has 0 spiro atoms. The lowest BCUT2D eigenvalue weighted by Gasteiger charge is -2.13. The number of ether oxygens (including phenoxy) is 1. The Hall–Kier alpha value is -1.69. The van der Waals surface area contributed by atoms with Gasteiger partial charge in [-0.15, -0.1) is 34.2 Å². The molecule has 2 aromatic rings. The molecule has 2 aromatic heterocycles. The molecule has 0 fully saturated rings. The number of guanidine groups is 1. The highest BCUT2D eigenvalue weighted by atomic mass is 127. The van der Waals surface area contributed by atoms with E-state index < -0.39 is 0 Å². The van der Waals surface area contributed by atoms with Gasteiger partial charge >= 0.3 is 0 Å². The van der Waals surface area contributed by atoms with E-state index in [-0.39, 0.29) is 24.0 Å². The minimum Gasteiger partial charge on any atom is -0.383 e. The van der Waals surface area contributed by atoms with E-state index >= 15 is 0 Å². The summed E-state index contributed by atoms with van der Waals surface area (Å²) in [5, 5.41) is 19.3. The zero-order chi connectivity index (χ0) is 18.9. The second-order valence-electron chi connectivity index (χ2n) is 6.01. The molecule has 0 aliphatic carbocycles. The third-order valence-electron chi connectivity index (χ3n) is 4.35. The molecule has 2 rings (SSSR count). The first-order valence-corrected chi connectivity index (χ1v) is 8.93. The van der Waals surface area contributed by atoms with E-state index in [0.29, 0.717) is 13.2 Å². The van der Waals surface area contributed by atoms with Gasteiger partial charge in [0.05, 0.1) is 18.8 Å². The van der Waals surface area contributed by atoms with E-state index in [9.17, 15) is 0 Å². The van der Waals surface area contributed by atoms with Gasteiger partial charge in [0.1, 0.15) is 12.2 Å². The molecular formula is C17H31IN8O. The lowest BCUT2D eigenvalue weighted by molar-refractivity contribution is 0.182. The molecule has 9 nitrogen and oxygen atoms in total. The van der Waals surface area contributed by atoms with E-state index in [1.54, 1.807) is 20.5 Å². The van der Waals surface area contributed by atoms with Gasteiger partial charge in [-0.2, -0.15) is 5.10 Å².